The van der Waals surface area contributed by atoms with Gasteiger partial charge in [0.25, 0.3) is 0 Å². The molecule has 140 valence electrons. The Morgan fingerprint density at radius 3 is 2.78 bits per heavy atom. The Hall–Kier alpha value is -2.81. The van der Waals surface area contributed by atoms with Crippen LogP contribution in [0.2, 0.25) is 0 Å². The third-order valence-corrected chi connectivity index (χ3v) is 4.51. The summed E-state index contributed by atoms with van der Waals surface area (Å²) in [6.07, 6.45) is 12.2. The van der Waals surface area contributed by atoms with Gasteiger partial charge in [-0.05, 0) is 43.2 Å². The van der Waals surface area contributed by atoms with E-state index in [2.05, 4.69) is 105 Å². The van der Waals surface area contributed by atoms with E-state index in [4.69, 9.17) is 5.10 Å². The number of anilines is 1. The minimum absolute atomic E-state index is 0.00143. The standard InChI is InChI=1S/C24H29N3/c1-18-11-10-12-20(15-18)25-19(2)16-22-17-23(24(3,4)5)26-27(22)21-13-8-6-7-9-14-21/h6-8,10-15,17,25H,2,9,16H2,1,3-5H3. The van der Waals surface area contributed by atoms with E-state index in [9.17, 15) is 0 Å². The summed E-state index contributed by atoms with van der Waals surface area (Å²) in [6, 6.07) is 10.6. The molecule has 1 N–H and O–H groups in total. The van der Waals surface area contributed by atoms with Gasteiger partial charge in [0.05, 0.1) is 17.1 Å². The number of allylic oxidation sites excluding steroid dienone is 7. The summed E-state index contributed by atoms with van der Waals surface area (Å²) >= 11 is 0. The molecule has 1 aromatic heterocycles. The van der Waals surface area contributed by atoms with Gasteiger partial charge in [-0.25, -0.2) is 4.68 Å². The number of nitrogens with zero attached hydrogens (tertiary/aromatic N) is 2. The van der Waals surface area contributed by atoms with Gasteiger partial charge in [0.15, 0.2) is 0 Å². The average Bonchev–Trinajstić information content (AvgIpc) is 2.83. The van der Waals surface area contributed by atoms with Crippen molar-refractivity contribution in [2.45, 2.75) is 46.0 Å². The van der Waals surface area contributed by atoms with Gasteiger partial charge in [-0.15, -0.1) is 0 Å². The van der Waals surface area contributed by atoms with Crippen molar-refractivity contribution in [1.29, 1.82) is 0 Å². The molecule has 1 aliphatic carbocycles. The topological polar surface area (TPSA) is 29.9 Å². The van der Waals surface area contributed by atoms with Crippen LogP contribution in [-0.4, -0.2) is 9.78 Å². The minimum atomic E-state index is -0.00143. The lowest BCUT2D eigenvalue weighted by Crippen LogP contribution is -2.13. The maximum atomic E-state index is 4.92. The predicted molar refractivity (Wildman–Crippen MR) is 116 cm³/mol. The highest BCUT2D eigenvalue weighted by molar-refractivity contribution is 5.60. The van der Waals surface area contributed by atoms with Crippen molar-refractivity contribution in [3.8, 4) is 0 Å². The third kappa shape index (κ3) is 4.88. The maximum Gasteiger partial charge on any atom is 0.0685 e. The van der Waals surface area contributed by atoms with Gasteiger partial charge in [0.1, 0.15) is 0 Å². The van der Waals surface area contributed by atoms with Crippen molar-refractivity contribution >= 4 is 11.4 Å². The van der Waals surface area contributed by atoms with E-state index >= 15 is 0 Å². The largest absolute Gasteiger partial charge is 0.359 e. The first-order valence-electron chi connectivity index (χ1n) is 9.47. The molecule has 1 heterocycles. The molecule has 0 spiro atoms. The zero-order valence-electron chi connectivity index (χ0n) is 16.8. The van der Waals surface area contributed by atoms with Crippen LogP contribution in [-0.2, 0) is 11.8 Å². The molecule has 0 radical (unpaired) electrons. The Balaban J connectivity index is 1.88. The van der Waals surface area contributed by atoms with Crippen LogP contribution in [0.4, 0.5) is 5.69 Å². The second-order valence-electron chi connectivity index (χ2n) is 8.11. The molecule has 27 heavy (non-hydrogen) atoms. The molecular formula is C24H29N3. The smallest absolute Gasteiger partial charge is 0.0685 e. The van der Waals surface area contributed by atoms with Crippen LogP contribution in [0.3, 0.4) is 0 Å². The number of benzene rings is 1. The molecule has 1 aliphatic rings. The van der Waals surface area contributed by atoms with Gasteiger partial charge in [0.2, 0.25) is 0 Å². The van der Waals surface area contributed by atoms with E-state index < -0.39 is 0 Å². The number of hydrogen-bond donors (Lipinski definition) is 1. The Morgan fingerprint density at radius 2 is 2.04 bits per heavy atom. The lowest BCUT2D eigenvalue weighted by Gasteiger charge is -2.14. The zero-order chi connectivity index (χ0) is 19.4. The highest BCUT2D eigenvalue weighted by Crippen LogP contribution is 2.26. The van der Waals surface area contributed by atoms with Crippen molar-refractivity contribution in [2.24, 2.45) is 0 Å². The summed E-state index contributed by atoms with van der Waals surface area (Å²) in [4.78, 5) is 0. The number of aromatic nitrogens is 2. The summed E-state index contributed by atoms with van der Waals surface area (Å²) in [5.74, 6) is 0. The Bertz CT molecular complexity index is 917. The Kier molecular flexibility index (Phi) is 5.50. The predicted octanol–water partition coefficient (Wildman–Crippen LogP) is 6.01. The quantitative estimate of drug-likeness (QED) is 0.708. The fraction of sp³-hybridized carbons (Fsp3) is 0.292. The number of aryl methyl sites for hydroxylation is 1. The lowest BCUT2D eigenvalue weighted by molar-refractivity contribution is 0.561. The van der Waals surface area contributed by atoms with Crippen molar-refractivity contribution in [3.05, 3.63) is 89.9 Å². The molecule has 3 heteroatoms. The van der Waals surface area contributed by atoms with Crippen molar-refractivity contribution in [2.75, 3.05) is 5.32 Å². The van der Waals surface area contributed by atoms with Gasteiger partial charge in [-0.1, -0.05) is 63.8 Å². The molecule has 0 amide bonds. The monoisotopic (exact) mass is 359 g/mol. The minimum Gasteiger partial charge on any atom is -0.359 e. The number of hydrogen-bond acceptors (Lipinski definition) is 2. The fourth-order valence-electron chi connectivity index (χ4n) is 3.05. The molecule has 0 unspecified atom stereocenters. The molecule has 0 bridgehead atoms. The fourth-order valence-corrected chi connectivity index (χ4v) is 3.05. The second kappa shape index (κ2) is 7.83. The van der Waals surface area contributed by atoms with Gasteiger partial charge < -0.3 is 5.32 Å². The van der Waals surface area contributed by atoms with Crippen molar-refractivity contribution < 1.29 is 0 Å². The zero-order valence-corrected chi connectivity index (χ0v) is 16.8. The van der Waals surface area contributed by atoms with Crippen molar-refractivity contribution in [3.63, 3.8) is 0 Å². The van der Waals surface area contributed by atoms with E-state index in [1.54, 1.807) is 0 Å². The normalized spacial score (nSPS) is 14.0. The summed E-state index contributed by atoms with van der Waals surface area (Å²) < 4.78 is 2.06. The number of rotatable bonds is 5. The van der Waals surface area contributed by atoms with Crippen LogP contribution in [0.1, 0.15) is 44.1 Å². The van der Waals surface area contributed by atoms with E-state index in [-0.39, 0.29) is 5.41 Å². The SMILES string of the molecule is C=C(Cc1cc(C(C)(C)C)nn1C1=CCC=CC=C1)Nc1cccc(C)c1. The van der Waals surface area contributed by atoms with E-state index in [0.29, 0.717) is 0 Å². The summed E-state index contributed by atoms with van der Waals surface area (Å²) in [7, 11) is 0. The van der Waals surface area contributed by atoms with Crippen LogP contribution < -0.4 is 5.32 Å². The van der Waals surface area contributed by atoms with Crippen LogP contribution in [0.5, 0.6) is 0 Å². The average molecular weight is 360 g/mol. The molecular weight excluding hydrogens is 330 g/mol. The van der Waals surface area contributed by atoms with Crippen LogP contribution in [0.25, 0.3) is 5.70 Å². The molecule has 0 saturated heterocycles. The van der Waals surface area contributed by atoms with Gasteiger partial charge in [-0.3, -0.25) is 0 Å². The van der Waals surface area contributed by atoms with Crippen LogP contribution in [0, 0.1) is 6.92 Å². The molecule has 0 aliphatic heterocycles. The highest BCUT2D eigenvalue weighted by Gasteiger charge is 2.21. The van der Waals surface area contributed by atoms with E-state index in [0.717, 1.165) is 41.3 Å². The van der Waals surface area contributed by atoms with Gasteiger partial charge in [0, 0.05) is 23.2 Å². The van der Waals surface area contributed by atoms with E-state index in [1.807, 2.05) is 0 Å². The molecule has 0 saturated carbocycles. The highest BCUT2D eigenvalue weighted by atomic mass is 15.3. The molecule has 3 rings (SSSR count). The van der Waals surface area contributed by atoms with E-state index in [1.165, 1.54) is 5.56 Å². The molecule has 0 atom stereocenters. The second-order valence-corrected chi connectivity index (χ2v) is 8.11. The molecule has 0 fully saturated rings. The Morgan fingerprint density at radius 1 is 1.22 bits per heavy atom. The first-order chi connectivity index (χ1) is 12.8. The number of nitrogens with one attached hydrogen (secondary N) is 1. The van der Waals surface area contributed by atoms with Crippen LogP contribution in [0.15, 0.2) is 73.0 Å². The molecule has 2 aromatic rings. The van der Waals surface area contributed by atoms with Crippen molar-refractivity contribution in [1.82, 2.24) is 9.78 Å². The summed E-state index contributed by atoms with van der Waals surface area (Å²) in [5.41, 5.74) is 6.59. The van der Waals surface area contributed by atoms with Gasteiger partial charge >= 0.3 is 0 Å². The molecule has 1 aromatic carbocycles. The van der Waals surface area contributed by atoms with Crippen LogP contribution >= 0.6 is 0 Å². The summed E-state index contributed by atoms with van der Waals surface area (Å²) in [5, 5.41) is 8.36. The summed E-state index contributed by atoms with van der Waals surface area (Å²) in [6.45, 7) is 12.9. The maximum absolute atomic E-state index is 4.92. The third-order valence-electron chi connectivity index (χ3n) is 4.51. The first-order valence-corrected chi connectivity index (χ1v) is 9.47. The first kappa shape index (κ1) is 19.0. The van der Waals surface area contributed by atoms with Gasteiger partial charge in [-0.2, -0.15) is 5.10 Å². The molecule has 3 nitrogen and oxygen atoms in total. The Labute approximate surface area is 162 Å². The lowest BCUT2D eigenvalue weighted by atomic mass is 9.92.